The van der Waals surface area contributed by atoms with Gasteiger partial charge in [0.1, 0.15) is 4.33 Å². The second-order valence-electron chi connectivity index (χ2n) is 7.83. The van der Waals surface area contributed by atoms with Crippen molar-refractivity contribution in [3.63, 3.8) is 0 Å². The molecule has 0 bridgehead atoms. The van der Waals surface area contributed by atoms with Crippen LogP contribution in [-0.2, 0) is 9.53 Å². The summed E-state index contributed by atoms with van der Waals surface area (Å²) >= 11 is 31.2. The maximum atomic E-state index is 12.9. The van der Waals surface area contributed by atoms with Crippen molar-refractivity contribution in [2.75, 3.05) is 38.2 Å². The van der Waals surface area contributed by atoms with Gasteiger partial charge in [-0.2, -0.15) is 0 Å². The molecule has 1 heterocycles. The number of amides is 1. The van der Waals surface area contributed by atoms with Crippen molar-refractivity contribution in [1.29, 1.82) is 0 Å². The molecule has 1 amide bonds. The number of carbonyl (C=O) groups excluding carboxylic acids is 2. The summed E-state index contributed by atoms with van der Waals surface area (Å²) in [5.74, 6) is -1.67. The minimum Gasteiger partial charge on any atom is -0.379 e. The van der Waals surface area contributed by atoms with Gasteiger partial charge in [-0.1, -0.05) is 34.8 Å². The number of anilines is 1. The van der Waals surface area contributed by atoms with E-state index < -0.39 is 16.2 Å². The number of hydrogen-bond donors (Lipinski definition) is 1. The fraction of sp³-hybridized carbons (Fsp3) is 0.364. The lowest BCUT2D eigenvalue weighted by atomic mass is 10.1. The zero-order valence-electron chi connectivity index (χ0n) is 16.7. The van der Waals surface area contributed by atoms with Crippen molar-refractivity contribution in [1.82, 2.24) is 4.90 Å². The van der Waals surface area contributed by atoms with Crippen molar-refractivity contribution < 1.29 is 14.3 Å². The Kier molecular flexibility index (Phi) is 7.28. The molecule has 2 aliphatic rings. The second-order valence-corrected chi connectivity index (χ2v) is 10.6. The van der Waals surface area contributed by atoms with Crippen LogP contribution in [0.25, 0.3) is 0 Å². The summed E-state index contributed by atoms with van der Waals surface area (Å²) in [7, 11) is 0. The van der Waals surface area contributed by atoms with Gasteiger partial charge < -0.3 is 10.1 Å². The van der Waals surface area contributed by atoms with Crippen molar-refractivity contribution in [3.8, 4) is 0 Å². The summed E-state index contributed by atoms with van der Waals surface area (Å²) in [5.41, 5.74) is 1.46. The van der Waals surface area contributed by atoms with Crippen LogP contribution in [-0.4, -0.2) is 53.8 Å². The average Bonchev–Trinajstić information content (AvgIpc) is 3.31. The van der Waals surface area contributed by atoms with E-state index >= 15 is 0 Å². The van der Waals surface area contributed by atoms with E-state index in [0.717, 1.165) is 0 Å². The van der Waals surface area contributed by atoms with Gasteiger partial charge in [-0.15, -0.1) is 23.2 Å². The first kappa shape index (κ1) is 24.1. The third-order valence-corrected chi connectivity index (χ3v) is 7.29. The van der Waals surface area contributed by atoms with E-state index in [-0.39, 0.29) is 18.2 Å². The summed E-state index contributed by atoms with van der Waals surface area (Å²) in [5, 5.41) is 3.99. The quantitative estimate of drug-likeness (QED) is 0.381. The average molecular weight is 537 g/mol. The highest BCUT2D eigenvalue weighted by molar-refractivity contribution is 6.53. The molecular weight excluding hydrogens is 518 g/mol. The van der Waals surface area contributed by atoms with E-state index in [4.69, 9.17) is 62.7 Å². The molecule has 10 heteroatoms. The minimum absolute atomic E-state index is 0.130. The van der Waals surface area contributed by atoms with Gasteiger partial charge >= 0.3 is 0 Å². The van der Waals surface area contributed by atoms with E-state index in [0.29, 0.717) is 58.2 Å². The molecule has 1 saturated heterocycles. The zero-order valence-corrected chi connectivity index (χ0v) is 20.5. The van der Waals surface area contributed by atoms with Gasteiger partial charge in [0, 0.05) is 40.3 Å². The molecule has 0 aromatic heterocycles. The van der Waals surface area contributed by atoms with Crippen LogP contribution in [0.2, 0.25) is 15.1 Å². The lowest BCUT2D eigenvalue weighted by Gasteiger charge is -2.25. The van der Waals surface area contributed by atoms with Crippen molar-refractivity contribution in [2.45, 2.75) is 10.3 Å². The SMILES string of the molecule is O=C(CN1CCOCC1)c1cc(NC(=O)C2C(c3cc(Cl)cc(Cl)c3)C2(Cl)Cl)ccc1Cl. The Balaban J connectivity index is 1.47. The summed E-state index contributed by atoms with van der Waals surface area (Å²) in [6, 6.07) is 9.76. The van der Waals surface area contributed by atoms with Gasteiger partial charge in [0.05, 0.1) is 30.7 Å². The van der Waals surface area contributed by atoms with E-state index in [2.05, 4.69) is 5.32 Å². The summed E-state index contributed by atoms with van der Waals surface area (Å²) < 4.78 is 4.02. The fourth-order valence-corrected chi connectivity index (χ4v) is 5.50. The molecule has 170 valence electrons. The maximum Gasteiger partial charge on any atom is 0.231 e. The smallest absolute Gasteiger partial charge is 0.231 e. The highest BCUT2D eigenvalue weighted by Crippen LogP contribution is 2.65. The first-order valence-electron chi connectivity index (χ1n) is 9.94. The molecule has 2 unspecified atom stereocenters. The monoisotopic (exact) mass is 534 g/mol. The molecule has 2 aromatic rings. The van der Waals surface area contributed by atoms with Crippen LogP contribution in [0.4, 0.5) is 5.69 Å². The minimum atomic E-state index is -1.29. The molecule has 2 fully saturated rings. The number of rotatable bonds is 6. The normalized spacial score (nSPS) is 22.4. The predicted octanol–water partition coefficient (Wildman–Crippen LogP) is 5.69. The van der Waals surface area contributed by atoms with Crippen molar-refractivity contribution in [3.05, 3.63) is 62.6 Å². The first-order chi connectivity index (χ1) is 15.2. The molecule has 4 rings (SSSR count). The second kappa shape index (κ2) is 9.67. The molecule has 1 saturated carbocycles. The molecule has 0 spiro atoms. The van der Waals surface area contributed by atoms with Gasteiger partial charge in [-0.3, -0.25) is 14.5 Å². The number of morpholine rings is 1. The van der Waals surface area contributed by atoms with E-state index in [1.165, 1.54) is 0 Å². The van der Waals surface area contributed by atoms with Gasteiger partial charge in [-0.25, -0.2) is 0 Å². The van der Waals surface area contributed by atoms with Crippen molar-refractivity contribution in [2.24, 2.45) is 5.92 Å². The van der Waals surface area contributed by atoms with Crippen LogP contribution in [0.1, 0.15) is 21.8 Å². The van der Waals surface area contributed by atoms with Crippen LogP contribution >= 0.6 is 58.0 Å². The number of alkyl halides is 2. The predicted molar refractivity (Wildman–Crippen MR) is 129 cm³/mol. The van der Waals surface area contributed by atoms with Crippen molar-refractivity contribution >= 4 is 75.4 Å². The molecule has 2 atom stereocenters. The Labute approximate surface area is 210 Å². The highest BCUT2D eigenvalue weighted by atomic mass is 35.5. The molecular formula is C22H19Cl5N2O3. The number of benzene rings is 2. The number of carbonyl (C=O) groups is 2. The Morgan fingerprint density at radius 1 is 1.03 bits per heavy atom. The zero-order chi connectivity index (χ0) is 23.0. The number of ketones is 1. The number of Topliss-reactive ketones (excluding diaryl/α,β-unsaturated/α-hetero) is 1. The highest BCUT2D eigenvalue weighted by Gasteiger charge is 2.67. The Morgan fingerprint density at radius 2 is 1.69 bits per heavy atom. The third kappa shape index (κ3) is 5.20. The lowest BCUT2D eigenvalue weighted by Crippen LogP contribution is -2.39. The number of hydrogen-bond acceptors (Lipinski definition) is 4. The Bertz CT molecular complexity index is 1040. The standard InChI is InChI=1S/C22H19Cl5N2O3/c23-13-7-12(8-14(24)9-13)19-20(22(19,26)27)21(31)28-15-1-2-17(25)16(10-15)18(30)11-29-3-5-32-6-4-29/h1-2,7-10,19-20H,3-6,11H2,(H,28,31). The van der Waals surface area contributed by atoms with E-state index in [1.807, 2.05) is 4.90 Å². The molecule has 0 radical (unpaired) electrons. The van der Waals surface area contributed by atoms with Crippen LogP contribution in [0.3, 0.4) is 0 Å². The van der Waals surface area contributed by atoms with Gasteiger partial charge in [0.2, 0.25) is 5.91 Å². The summed E-state index contributed by atoms with van der Waals surface area (Å²) in [4.78, 5) is 27.7. The lowest BCUT2D eigenvalue weighted by molar-refractivity contribution is -0.117. The number of halogens is 5. The Hall–Kier alpha value is -1.05. The topological polar surface area (TPSA) is 58.6 Å². The summed E-state index contributed by atoms with van der Waals surface area (Å²) in [6.45, 7) is 2.78. The molecule has 1 N–H and O–H groups in total. The molecule has 2 aromatic carbocycles. The van der Waals surface area contributed by atoms with Crippen LogP contribution < -0.4 is 5.32 Å². The third-order valence-electron chi connectivity index (χ3n) is 5.59. The maximum absolute atomic E-state index is 12.9. The fourth-order valence-electron chi connectivity index (χ4n) is 3.91. The first-order valence-corrected chi connectivity index (χ1v) is 11.8. The number of ether oxygens (including phenoxy) is 1. The van der Waals surface area contributed by atoms with Crippen LogP contribution in [0, 0.1) is 5.92 Å². The molecule has 1 aliphatic carbocycles. The number of nitrogens with one attached hydrogen (secondary N) is 1. The van der Waals surface area contributed by atoms with Gasteiger partial charge in [0.25, 0.3) is 0 Å². The summed E-state index contributed by atoms with van der Waals surface area (Å²) in [6.07, 6.45) is 0. The van der Waals surface area contributed by atoms with E-state index in [9.17, 15) is 9.59 Å². The molecule has 1 aliphatic heterocycles. The number of nitrogens with zero attached hydrogens (tertiary/aromatic N) is 1. The van der Waals surface area contributed by atoms with Gasteiger partial charge in [0.15, 0.2) is 5.78 Å². The van der Waals surface area contributed by atoms with E-state index in [1.54, 1.807) is 36.4 Å². The molecule has 5 nitrogen and oxygen atoms in total. The largest absolute Gasteiger partial charge is 0.379 e. The van der Waals surface area contributed by atoms with Crippen LogP contribution in [0.15, 0.2) is 36.4 Å². The molecule has 32 heavy (non-hydrogen) atoms. The Morgan fingerprint density at radius 3 is 2.34 bits per heavy atom. The van der Waals surface area contributed by atoms with Gasteiger partial charge in [-0.05, 0) is 42.0 Å². The van der Waals surface area contributed by atoms with Crippen LogP contribution in [0.5, 0.6) is 0 Å².